The van der Waals surface area contributed by atoms with E-state index in [1.807, 2.05) is 18.3 Å². The first-order chi connectivity index (χ1) is 10.2. The highest BCUT2D eigenvalue weighted by Gasteiger charge is 2.26. The first kappa shape index (κ1) is 14.7. The summed E-state index contributed by atoms with van der Waals surface area (Å²) in [6, 6.07) is 4.95. The van der Waals surface area contributed by atoms with Gasteiger partial charge in [0, 0.05) is 30.9 Å². The quantitative estimate of drug-likeness (QED) is 0.818. The number of aromatic nitrogens is 2. The Morgan fingerprint density at radius 2 is 2.43 bits per heavy atom. The van der Waals surface area contributed by atoms with Crippen molar-refractivity contribution < 1.29 is 4.52 Å². The van der Waals surface area contributed by atoms with E-state index in [0.717, 1.165) is 31.9 Å². The Labute approximate surface area is 129 Å². The predicted molar refractivity (Wildman–Crippen MR) is 83.4 cm³/mol. The molecule has 0 aliphatic carbocycles. The van der Waals surface area contributed by atoms with Gasteiger partial charge in [-0.15, -0.1) is 11.3 Å². The SMILES string of the molecule is Cc1nc(CN(C)[C@@H]2CCN(CCc3cccs3)C2)no1. The molecule has 1 saturated heterocycles. The standard InChI is InChI=1S/C15H22N4OS/c1-12-16-15(17-20-12)11-18(2)13-5-7-19(10-13)8-6-14-4-3-9-21-14/h3-4,9,13H,5-8,10-11H2,1-2H3/t13-/m1/s1. The number of likely N-dealkylation sites (N-methyl/N-ethyl adjacent to an activating group) is 1. The summed E-state index contributed by atoms with van der Waals surface area (Å²) in [5.41, 5.74) is 0. The molecular weight excluding hydrogens is 284 g/mol. The van der Waals surface area contributed by atoms with Gasteiger partial charge in [0.1, 0.15) is 0 Å². The number of nitrogens with zero attached hydrogens (tertiary/aromatic N) is 4. The van der Waals surface area contributed by atoms with E-state index >= 15 is 0 Å². The summed E-state index contributed by atoms with van der Waals surface area (Å²) in [5, 5.41) is 6.13. The molecule has 2 aromatic rings. The van der Waals surface area contributed by atoms with Crippen LogP contribution >= 0.6 is 11.3 Å². The Morgan fingerprint density at radius 1 is 1.52 bits per heavy atom. The maximum Gasteiger partial charge on any atom is 0.223 e. The molecule has 0 aromatic carbocycles. The van der Waals surface area contributed by atoms with Gasteiger partial charge in [0.25, 0.3) is 0 Å². The maximum absolute atomic E-state index is 5.03. The van der Waals surface area contributed by atoms with Crippen molar-refractivity contribution in [2.24, 2.45) is 0 Å². The fourth-order valence-electron chi connectivity index (χ4n) is 2.86. The number of likely N-dealkylation sites (tertiary alicyclic amines) is 1. The van der Waals surface area contributed by atoms with Crippen LogP contribution in [-0.2, 0) is 13.0 Å². The van der Waals surface area contributed by atoms with E-state index < -0.39 is 0 Å². The zero-order valence-corrected chi connectivity index (χ0v) is 13.5. The molecule has 1 fully saturated rings. The van der Waals surface area contributed by atoms with Crippen LogP contribution in [0.15, 0.2) is 22.0 Å². The molecule has 0 spiro atoms. The van der Waals surface area contributed by atoms with Gasteiger partial charge in [-0.1, -0.05) is 11.2 Å². The minimum atomic E-state index is 0.590. The minimum Gasteiger partial charge on any atom is -0.340 e. The van der Waals surface area contributed by atoms with E-state index in [2.05, 4.69) is 44.5 Å². The maximum atomic E-state index is 5.03. The topological polar surface area (TPSA) is 45.4 Å². The molecule has 3 heterocycles. The summed E-state index contributed by atoms with van der Waals surface area (Å²) in [4.78, 5) is 10.7. The number of hydrogen-bond acceptors (Lipinski definition) is 6. The van der Waals surface area contributed by atoms with E-state index in [1.54, 1.807) is 0 Å². The Hall–Kier alpha value is -1.24. The fourth-order valence-corrected chi connectivity index (χ4v) is 3.55. The lowest BCUT2D eigenvalue weighted by molar-refractivity contribution is 0.218. The summed E-state index contributed by atoms with van der Waals surface area (Å²) >= 11 is 1.85. The van der Waals surface area contributed by atoms with Crippen molar-refractivity contribution in [3.8, 4) is 0 Å². The lowest BCUT2D eigenvalue weighted by Crippen LogP contribution is -2.34. The lowest BCUT2D eigenvalue weighted by atomic mass is 10.2. The number of rotatable bonds is 6. The molecule has 1 atom stereocenters. The third-order valence-corrected chi connectivity index (χ3v) is 5.02. The molecule has 0 saturated carbocycles. The van der Waals surface area contributed by atoms with Crippen molar-refractivity contribution in [1.29, 1.82) is 0 Å². The van der Waals surface area contributed by atoms with Crippen LogP contribution in [0, 0.1) is 6.92 Å². The van der Waals surface area contributed by atoms with Crippen LogP contribution < -0.4 is 0 Å². The molecule has 0 radical (unpaired) electrons. The number of hydrogen-bond donors (Lipinski definition) is 0. The van der Waals surface area contributed by atoms with Gasteiger partial charge in [-0.2, -0.15) is 4.98 Å². The predicted octanol–water partition coefficient (Wildman–Crippen LogP) is 2.19. The van der Waals surface area contributed by atoms with Crippen LogP contribution in [0.1, 0.15) is 23.0 Å². The Kier molecular flexibility index (Phi) is 4.67. The van der Waals surface area contributed by atoms with Crippen LogP contribution in [0.4, 0.5) is 0 Å². The summed E-state index contributed by atoms with van der Waals surface area (Å²) in [6.45, 7) is 6.08. The van der Waals surface area contributed by atoms with Gasteiger partial charge in [0.15, 0.2) is 5.82 Å². The van der Waals surface area contributed by atoms with Gasteiger partial charge < -0.3 is 9.42 Å². The number of aryl methyl sites for hydroxylation is 1. The molecule has 0 bridgehead atoms. The van der Waals surface area contributed by atoms with E-state index in [1.165, 1.54) is 17.8 Å². The highest BCUT2D eigenvalue weighted by molar-refractivity contribution is 7.09. The molecule has 0 amide bonds. The van der Waals surface area contributed by atoms with Crippen molar-refractivity contribution in [2.45, 2.75) is 32.4 Å². The van der Waals surface area contributed by atoms with Crippen molar-refractivity contribution in [3.05, 3.63) is 34.1 Å². The summed E-state index contributed by atoms with van der Waals surface area (Å²) in [6.07, 6.45) is 2.38. The molecule has 21 heavy (non-hydrogen) atoms. The highest BCUT2D eigenvalue weighted by Crippen LogP contribution is 2.17. The first-order valence-electron chi connectivity index (χ1n) is 7.45. The highest BCUT2D eigenvalue weighted by atomic mass is 32.1. The van der Waals surface area contributed by atoms with Gasteiger partial charge in [0.05, 0.1) is 6.54 Å². The smallest absolute Gasteiger partial charge is 0.223 e. The molecule has 5 nitrogen and oxygen atoms in total. The minimum absolute atomic E-state index is 0.590. The Balaban J connectivity index is 1.45. The van der Waals surface area contributed by atoms with Crippen LogP contribution in [0.5, 0.6) is 0 Å². The Bertz CT molecular complexity index is 554. The van der Waals surface area contributed by atoms with Crippen molar-refractivity contribution in [3.63, 3.8) is 0 Å². The second-order valence-corrected chi connectivity index (χ2v) is 6.75. The Morgan fingerprint density at radius 3 is 3.14 bits per heavy atom. The van der Waals surface area contributed by atoms with Crippen LogP contribution in [-0.4, -0.2) is 52.7 Å². The average molecular weight is 306 g/mol. The second-order valence-electron chi connectivity index (χ2n) is 5.72. The molecule has 3 rings (SSSR count). The summed E-state index contributed by atoms with van der Waals surface area (Å²) in [5.74, 6) is 1.43. The van der Waals surface area contributed by atoms with Gasteiger partial charge in [-0.05, 0) is 37.9 Å². The molecule has 6 heteroatoms. The first-order valence-corrected chi connectivity index (χ1v) is 8.33. The third-order valence-electron chi connectivity index (χ3n) is 4.09. The zero-order chi connectivity index (χ0) is 14.7. The van der Waals surface area contributed by atoms with Crippen molar-refractivity contribution in [2.75, 3.05) is 26.7 Å². The van der Waals surface area contributed by atoms with Crippen LogP contribution in [0.25, 0.3) is 0 Å². The van der Waals surface area contributed by atoms with Crippen molar-refractivity contribution in [1.82, 2.24) is 19.9 Å². The van der Waals surface area contributed by atoms with Gasteiger partial charge in [0.2, 0.25) is 5.89 Å². The number of thiophene rings is 1. The molecule has 2 aromatic heterocycles. The van der Waals surface area contributed by atoms with Gasteiger partial charge in [-0.25, -0.2) is 0 Å². The molecule has 1 aliphatic rings. The third kappa shape index (κ3) is 3.90. The lowest BCUT2D eigenvalue weighted by Gasteiger charge is -2.23. The monoisotopic (exact) mass is 306 g/mol. The van der Waals surface area contributed by atoms with Crippen molar-refractivity contribution >= 4 is 11.3 Å². The van der Waals surface area contributed by atoms with E-state index in [4.69, 9.17) is 4.52 Å². The van der Waals surface area contributed by atoms with E-state index in [-0.39, 0.29) is 0 Å². The van der Waals surface area contributed by atoms with E-state index in [0.29, 0.717) is 11.9 Å². The van der Waals surface area contributed by atoms with Gasteiger partial charge >= 0.3 is 0 Å². The molecule has 0 unspecified atom stereocenters. The van der Waals surface area contributed by atoms with Crippen LogP contribution in [0.2, 0.25) is 0 Å². The normalized spacial score (nSPS) is 19.7. The fraction of sp³-hybridized carbons (Fsp3) is 0.600. The summed E-state index contributed by atoms with van der Waals surface area (Å²) in [7, 11) is 2.15. The average Bonchev–Trinajstić information content (AvgIpc) is 3.17. The van der Waals surface area contributed by atoms with Crippen LogP contribution in [0.3, 0.4) is 0 Å². The second kappa shape index (κ2) is 6.68. The van der Waals surface area contributed by atoms with Gasteiger partial charge in [-0.3, -0.25) is 4.90 Å². The largest absolute Gasteiger partial charge is 0.340 e. The molecule has 0 N–H and O–H groups in total. The van der Waals surface area contributed by atoms with E-state index in [9.17, 15) is 0 Å². The zero-order valence-electron chi connectivity index (χ0n) is 12.7. The molecular formula is C15H22N4OS. The summed E-state index contributed by atoms with van der Waals surface area (Å²) < 4.78 is 5.03. The molecule has 1 aliphatic heterocycles. The molecule has 114 valence electrons.